The van der Waals surface area contributed by atoms with Crippen LogP contribution in [-0.2, 0) is 12.4 Å². The zero-order valence-electron chi connectivity index (χ0n) is 14.4. The van der Waals surface area contributed by atoms with E-state index in [1.807, 2.05) is 0 Å². The molecule has 0 unspecified atom stereocenters. The molecule has 0 saturated carbocycles. The summed E-state index contributed by atoms with van der Waals surface area (Å²) in [5.41, 5.74) is -2.58. The minimum atomic E-state index is -4.95. The van der Waals surface area contributed by atoms with E-state index in [1.165, 1.54) is 29.6 Å². The van der Waals surface area contributed by atoms with Crippen LogP contribution in [0.1, 0.15) is 11.1 Å². The Bertz CT molecular complexity index is 1020. The number of halogens is 7. The molecule has 0 radical (unpaired) electrons. The van der Waals surface area contributed by atoms with Crippen molar-refractivity contribution in [3.63, 3.8) is 0 Å². The SMILES string of the molecule is Br.O=[N+]([O-])c1ccc(-c2csc(Nc3cc(C(F)(F)F)cc(C(F)(F)F)c3)n2)cc1. The third kappa shape index (κ3) is 5.48. The molecule has 30 heavy (non-hydrogen) atoms. The lowest BCUT2D eigenvalue weighted by Crippen LogP contribution is -2.11. The van der Waals surface area contributed by atoms with Crippen molar-refractivity contribution in [1.29, 1.82) is 0 Å². The molecule has 1 N–H and O–H groups in total. The quantitative estimate of drug-likeness (QED) is 0.230. The van der Waals surface area contributed by atoms with Crippen molar-refractivity contribution in [2.45, 2.75) is 12.4 Å². The third-order valence-corrected chi connectivity index (χ3v) is 4.47. The monoisotopic (exact) mass is 513 g/mol. The molecule has 5 nitrogen and oxygen atoms in total. The van der Waals surface area contributed by atoms with Crippen molar-refractivity contribution in [1.82, 2.24) is 4.98 Å². The van der Waals surface area contributed by atoms with Gasteiger partial charge in [0.1, 0.15) is 0 Å². The highest BCUT2D eigenvalue weighted by Gasteiger charge is 2.37. The highest BCUT2D eigenvalue weighted by molar-refractivity contribution is 8.93. The minimum absolute atomic E-state index is 0. The number of alkyl halides is 6. The average Bonchev–Trinajstić information content (AvgIpc) is 3.08. The first-order chi connectivity index (χ1) is 13.4. The van der Waals surface area contributed by atoms with Crippen molar-refractivity contribution in [3.8, 4) is 11.3 Å². The van der Waals surface area contributed by atoms with E-state index in [0.29, 0.717) is 23.4 Å². The lowest BCUT2D eigenvalue weighted by atomic mass is 10.1. The van der Waals surface area contributed by atoms with Gasteiger partial charge in [-0.2, -0.15) is 26.3 Å². The van der Waals surface area contributed by atoms with Crippen molar-refractivity contribution in [2.75, 3.05) is 5.32 Å². The van der Waals surface area contributed by atoms with Gasteiger partial charge in [0.25, 0.3) is 5.69 Å². The minimum Gasteiger partial charge on any atom is -0.332 e. The molecule has 0 amide bonds. The molecule has 0 saturated heterocycles. The fourth-order valence-electron chi connectivity index (χ4n) is 2.37. The second kappa shape index (κ2) is 8.60. The largest absolute Gasteiger partial charge is 0.416 e. The molecule has 13 heteroatoms. The van der Waals surface area contributed by atoms with E-state index in [9.17, 15) is 36.5 Å². The van der Waals surface area contributed by atoms with Crippen LogP contribution in [0.15, 0.2) is 47.8 Å². The van der Waals surface area contributed by atoms with Gasteiger partial charge in [-0.05, 0) is 30.3 Å². The number of nitro groups is 1. The van der Waals surface area contributed by atoms with E-state index in [4.69, 9.17) is 0 Å². The second-order valence-corrected chi connectivity index (χ2v) is 6.62. The molecule has 1 heterocycles. The fourth-order valence-corrected chi connectivity index (χ4v) is 3.11. The lowest BCUT2D eigenvalue weighted by molar-refractivity contribution is -0.384. The van der Waals surface area contributed by atoms with Gasteiger partial charge in [-0.3, -0.25) is 10.1 Å². The number of non-ortho nitro benzene ring substituents is 1. The molecule has 3 aromatic rings. The van der Waals surface area contributed by atoms with Crippen LogP contribution in [0.2, 0.25) is 0 Å². The number of nitrogens with zero attached hydrogens (tertiary/aromatic N) is 2. The van der Waals surface area contributed by atoms with Crippen molar-refractivity contribution >= 4 is 44.8 Å². The van der Waals surface area contributed by atoms with Crippen LogP contribution in [0, 0.1) is 10.1 Å². The van der Waals surface area contributed by atoms with E-state index in [2.05, 4.69) is 10.3 Å². The Balaban J connectivity index is 0.00000320. The van der Waals surface area contributed by atoms with Gasteiger partial charge in [-0.1, -0.05) is 0 Å². The normalized spacial score (nSPS) is 11.7. The fraction of sp³-hybridized carbons (Fsp3) is 0.118. The van der Waals surface area contributed by atoms with Crippen LogP contribution >= 0.6 is 28.3 Å². The number of aromatic nitrogens is 1. The van der Waals surface area contributed by atoms with Gasteiger partial charge in [0.05, 0.1) is 21.7 Å². The van der Waals surface area contributed by atoms with E-state index in [-0.39, 0.29) is 33.9 Å². The van der Waals surface area contributed by atoms with Crippen LogP contribution in [0.5, 0.6) is 0 Å². The van der Waals surface area contributed by atoms with Gasteiger partial charge in [-0.25, -0.2) is 4.98 Å². The highest BCUT2D eigenvalue weighted by atomic mass is 79.9. The van der Waals surface area contributed by atoms with Gasteiger partial charge < -0.3 is 5.32 Å². The number of hydrogen-bond donors (Lipinski definition) is 1. The zero-order chi connectivity index (χ0) is 21.4. The molecule has 0 aliphatic rings. The Morgan fingerprint density at radius 1 is 0.933 bits per heavy atom. The highest BCUT2D eigenvalue weighted by Crippen LogP contribution is 2.38. The molecule has 0 bridgehead atoms. The van der Waals surface area contributed by atoms with Crippen LogP contribution in [-0.4, -0.2) is 9.91 Å². The van der Waals surface area contributed by atoms with E-state index in [1.54, 1.807) is 0 Å². The predicted octanol–water partition coefficient (Wildman–Crippen LogP) is 7.08. The number of rotatable bonds is 4. The summed E-state index contributed by atoms with van der Waals surface area (Å²) >= 11 is 0.958. The molecule has 3 rings (SSSR count). The first-order valence-corrected chi connectivity index (χ1v) is 8.58. The number of benzene rings is 2. The standard InChI is InChI=1S/C17H9F6N3O2S.BrH/c18-16(19,20)10-5-11(17(21,22)23)7-12(6-10)24-15-25-14(8-29-15)9-1-3-13(4-2-9)26(27)28;/h1-8H,(H,24,25);1H. The Morgan fingerprint density at radius 2 is 1.47 bits per heavy atom. The number of anilines is 2. The summed E-state index contributed by atoms with van der Waals surface area (Å²) in [6.07, 6.45) is -9.91. The molecule has 1 aromatic heterocycles. The number of hydrogen-bond acceptors (Lipinski definition) is 5. The topological polar surface area (TPSA) is 68.1 Å². The summed E-state index contributed by atoms with van der Waals surface area (Å²) in [5.74, 6) is 0. The Kier molecular flexibility index (Phi) is 6.76. The van der Waals surface area contributed by atoms with Gasteiger partial charge in [0.15, 0.2) is 5.13 Å². The molecule has 0 aliphatic carbocycles. The molecular formula is C17H10BrF6N3O2S. The molecule has 2 aromatic carbocycles. The maximum absolute atomic E-state index is 12.9. The summed E-state index contributed by atoms with van der Waals surface area (Å²) in [7, 11) is 0. The van der Waals surface area contributed by atoms with Crippen LogP contribution < -0.4 is 5.32 Å². The van der Waals surface area contributed by atoms with Gasteiger partial charge >= 0.3 is 12.4 Å². The average molecular weight is 514 g/mol. The third-order valence-electron chi connectivity index (χ3n) is 3.72. The Labute approximate surface area is 179 Å². The number of nitro benzene ring substituents is 1. The molecule has 0 aliphatic heterocycles. The van der Waals surface area contributed by atoms with Crippen molar-refractivity contribution < 1.29 is 31.3 Å². The van der Waals surface area contributed by atoms with Crippen LogP contribution in [0.3, 0.4) is 0 Å². The first kappa shape index (κ1) is 23.6. The molecular weight excluding hydrogens is 504 g/mol. The van der Waals surface area contributed by atoms with E-state index < -0.39 is 34.1 Å². The maximum Gasteiger partial charge on any atom is 0.416 e. The van der Waals surface area contributed by atoms with E-state index >= 15 is 0 Å². The van der Waals surface area contributed by atoms with Crippen molar-refractivity contribution in [2.24, 2.45) is 0 Å². The molecule has 0 fully saturated rings. The Morgan fingerprint density at radius 3 is 1.93 bits per heavy atom. The molecule has 0 atom stereocenters. The Hall–Kier alpha value is -2.67. The number of nitrogens with one attached hydrogen (secondary N) is 1. The smallest absolute Gasteiger partial charge is 0.332 e. The van der Waals surface area contributed by atoms with Gasteiger partial charge in [-0.15, -0.1) is 28.3 Å². The summed E-state index contributed by atoms with van der Waals surface area (Å²) in [6.45, 7) is 0. The first-order valence-electron chi connectivity index (χ1n) is 7.70. The van der Waals surface area contributed by atoms with Crippen molar-refractivity contribution in [3.05, 3.63) is 69.1 Å². The molecule has 0 spiro atoms. The maximum atomic E-state index is 12.9. The van der Waals surface area contributed by atoms with Gasteiger partial charge in [0.2, 0.25) is 0 Å². The molecule has 160 valence electrons. The predicted molar refractivity (Wildman–Crippen MR) is 104 cm³/mol. The summed E-state index contributed by atoms with van der Waals surface area (Å²) in [4.78, 5) is 14.2. The van der Waals surface area contributed by atoms with E-state index in [0.717, 1.165) is 11.3 Å². The summed E-state index contributed by atoms with van der Waals surface area (Å²) in [6, 6.07) is 6.53. The van der Waals surface area contributed by atoms with Gasteiger partial charge in [0, 0.05) is 28.8 Å². The van der Waals surface area contributed by atoms with Crippen LogP contribution in [0.4, 0.5) is 42.8 Å². The van der Waals surface area contributed by atoms with Crippen LogP contribution in [0.25, 0.3) is 11.3 Å². The number of thiazole rings is 1. The summed E-state index contributed by atoms with van der Waals surface area (Å²) in [5, 5.41) is 14.7. The lowest BCUT2D eigenvalue weighted by Gasteiger charge is -2.14. The summed E-state index contributed by atoms with van der Waals surface area (Å²) < 4.78 is 77.6. The second-order valence-electron chi connectivity index (χ2n) is 5.76. The zero-order valence-corrected chi connectivity index (χ0v) is 16.9.